The minimum Gasteiger partial charge on any atom is -0.382 e. The van der Waals surface area contributed by atoms with Crippen LogP contribution in [0.3, 0.4) is 0 Å². The fourth-order valence-electron chi connectivity index (χ4n) is 0.816. The second kappa shape index (κ2) is 4.81. The highest BCUT2D eigenvalue weighted by Gasteiger charge is 2.01. The fraction of sp³-hybridized carbons (Fsp3) is 0.250. The van der Waals surface area contributed by atoms with Crippen LogP contribution in [0, 0.1) is 0 Å². The summed E-state index contributed by atoms with van der Waals surface area (Å²) >= 11 is 3.16. The second-order valence-electron chi connectivity index (χ2n) is 2.43. The first kappa shape index (κ1) is 9.98. The molecule has 2 N–H and O–H groups in total. The zero-order valence-corrected chi connectivity index (χ0v) is 8.60. The van der Waals surface area contributed by atoms with E-state index in [0.29, 0.717) is 10.2 Å². The van der Waals surface area contributed by atoms with E-state index in [1.807, 2.05) is 6.08 Å². The quantitative estimate of drug-likeness (QED) is 0.623. The number of aromatic amines is 1. The maximum absolute atomic E-state index is 11.0. The first-order valence-electron chi connectivity index (χ1n) is 3.83. The molecule has 1 aromatic rings. The molecule has 0 aromatic carbocycles. The smallest absolute Gasteiger partial charge is 0.280 e. The summed E-state index contributed by atoms with van der Waals surface area (Å²) in [5.74, 6) is 0. The van der Waals surface area contributed by atoms with Gasteiger partial charge in [0.15, 0.2) is 0 Å². The minimum atomic E-state index is -0.233. The Labute approximate surface area is 84.2 Å². The van der Waals surface area contributed by atoms with Crippen molar-refractivity contribution < 1.29 is 0 Å². The van der Waals surface area contributed by atoms with E-state index in [1.165, 1.54) is 0 Å². The normalized spacial score (nSPS) is 9.62. The lowest BCUT2D eigenvalue weighted by Gasteiger charge is -2.04. The average Bonchev–Trinajstić information content (AvgIpc) is 2.13. The van der Waals surface area contributed by atoms with Gasteiger partial charge in [-0.05, 0) is 22.4 Å². The molecule has 0 aliphatic carbocycles. The standard InChI is InChI=1S/C8H10BrN3O/c1-2-3-4-10-6-5-11-12-8(13)7(6)9/h2,5H,1,3-4H2,(H2,10,12,13). The van der Waals surface area contributed by atoms with Crippen molar-refractivity contribution in [2.75, 3.05) is 11.9 Å². The molecule has 0 aliphatic rings. The number of hydrogen-bond acceptors (Lipinski definition) is 3. The maximum Gasteiger partial charge on any atom is 0.280 e. The van der Waals surface area contributed by atoms with Crippen molar-refractivity contribution in [1.29, 1.82) is 0 Å². The summed E-state index contributed by atoms with van der Waals surface area (Å²) < 4.78 is 0.478. The number of hydrogen-bond donors (Lipinski definition) is 2. The van der Waals surface area contributed by atoms with Crippen molar-refractivity contribution in [3.63, 3.8) is 0 Å². The molecule has 1 rings (SSSR count). The van der Waals surface area contributed by atoms with E-state index in [9.17, 15) is 4.79 Å². The van der Waals surface area contributed by atoms with E-state index in [0.717, 1.165) is 13.0 Å². The number of nitrogens with zero attached hydrogens (tertiary/aromatic N) is 1. The maximum atomic E-state index is 11.0. The van der Waals surface area contributed by atoms with E-state index in [1.54, 1.807) is 6.20 Å². The van der Waals surface area contributed by atoms with Crippen molar-refractivity contribution >= 4 is 21.6 Å². The zero-order chi connectivity index (χ0) is 9.68. The monoisotopic (exact) mass is 243 g/mol. The molecule has 70 valence electrons. The average molecular weight is 244 g/mol. The highest BCUT2D eigenvalue weighted by Crippen LogP contribution is 2.14. The molecule has 0 saturated carbocycles. The van der Waals surface area contributed by atoms with Gasteiger partial charge in [0.05, 0.1) is 11.9 Å². The third-order valence-electron chi connectivity index (χ3n) is 1.46. The molecule has 0 bridgehead atoms. The molecule has 1 heterocycles. The van der Waals surface area contributed by atoms with Crippen molar-refractivity contribution in [2.24, 2.45) is 0 Å². The summed E-state index contributed by atoms with van der Waals surface area (Å²) in [7, 11) is 0. The van der Waals surface area contributed by atoms with Gasteiger partial charge in [0, 0.05) is 6.54 Å². The fourth-order valence-corrected chi connectivity index (χ4v) is 1.15. The molecule has 4 nitrogen and oxygen atoms in total. The van der Waals surface area contributed by atoms with Crippen molar-refractivity contribution in [3.05, 3.63) is 33.7 Å². The lowest BCUT2D eigenvalue weighted by molar-refractivity contribution is 0.967. The van der Waals surface area contributed by atoms with Gasteiger partial charge in [0.2, 0.25) is 0 Å². The Morgan fingerprint density at radius 1 is 1.77 bits per heavy atom. The summed E-state index contributed by atoms with van der Waals surface area (Å²) in [5, 5.41) is 9.04. The lowest BCUT2D eigenvalue weighted by atomic mass is 10.4. The summed E-state index contributed by atoms with van der Waals surface area (Å²) in [6, 6.07) is 0. The predicted octanol–water partition coefficient (Wildman–Crippen LogP) is 1.52. The van der Waals surface area contributed by atoms with Crippen molar-refractivity contribution in [1.82, 2.24) is 10.2 Å². The third-order valence-corrected chi connectivity index (χ3v) is 2.25. The van der Waals surface area contributed by atoms with Crippen LogP contribution in [0.1, 0.15) is 6.42 Å². The van der Waals surface area contributed by atoms with Crippen LogP contribution in [-0.2, 0) is 0 Å². The van der Waals surface area contributed by atoms with Crippen LogP contribution in [0.15, 0.2) is 28.1 Å². The zero-order valence-electron chi connectivity index (χ0n) is 7.01. The van der Waals surface area contributed by atoms with Crippen LogP contribution in [-0.4, -0.2) is 16.7 Å². The Morgan fingerprint density at radius 2 is 2.54 bits per heavy atom. The first-order valence-corrected chi connectivity index (χ1v) is 4.63. The van der Waals surface area contributed by atoms with Gasteiger partial charge in [0.1, 0.15) is 4.47 Å². The first-order chi connectivity index (χ1) is 6.25. The Morgan fingerprint density at radius 3 is 3.23 bits per heavy atom. The van der Waals surface area contributed by atoms with Crippen molar-refractivity contribution in [2.45, 2.75) is 6.42 Å². The molecular weight excluding hydrogens is 234 g/mol. The van der Waals surface area contributed by atoms with E-state index < -0.39 is 0 Å². The van der Waals surface area contributed by atoms with Crippen LogP contribution in [0.25, 0.3) is 0 Å². The van der Waals surface area contributed by atoms with Gasteiger partial charge in [-0.25, -0.2) is 5.10 Å². The molecule has 13 heavy (non-hydrogen) atoms. The molecule has 0 fully saturated rings. The van der Waals surface area contributed by atoms with Gasteiger partial charge in [-0.3, -0.25) is 4.79 Å². The summed E-state index contributed by atoms with van der Waals surface area (Å²) in [6.07, 6.45) is 4.22. The van der Waals surface area contributed by atoms with Gasteiger partial charge >= 0.3 is 0 Å². The van der Waals surface area contributed by atoms with E-state index in [-0.39, 0.29) is 5.56 Å². The van der Waals surface area contributed by atoms with Gasteiger partial charge < -0.3 is 5.32 Å². The number of halogens is 1. The summed E-state index contributed by atoms with van der Waals surface area (Å²) in [4.78, 5) is 11.0. The molecule has 5 heteroatoms. The summed E-state index contributed by atoms with van der Waals surface area (Å²) in [5.41, 5.74) is 0.467. The Balaban J connectivity index is 2.71. The number of aromatic nitrogens is 2. The van der Waals surface area contributed by atoms with Crippen LogP contribution < -0.4 is 10.9 Å². The number of H-pyrrole nitrogens is 1. The SMILES string of the molecule is C=CCCNc1cn[nH]c(=O)c1Br. The van der Waals surface area contributed by atoms with Crippen LogP contribution >= 0.6 is 15.9 Å². The summed E-state index contributed by atoms with van der Waals surface area (Å²) in [6.45, 7) is 4.34. The molecule has 0 unspecified atom stereocenters. The molecule has 0 amide bonds. The Bertz CT molecular complexity index is 347. The Hall–Kier alpha value is -1.10. The van der Waals surface area contributed by atoms with Crippen molar-refractivity contribution in [3.8, 4) is 0 Å². The number of nitrogens with one attached hydrogen (secondary N) is 2. The van der Waals surface area contributed by atoms with Gasteiger partial charge in [0.25, 0.3) is 5.56 Å². The second-order valence-corrected chi connectivity index (χ2v) is 3.22. The largest absolute Gasteiger partial charge is 0.382 e. The van der Waals surface area contributed by atoms with Gasteiger partial charge in [-0.15, -0.1) is 6.58 Å². The van der Waals surface area contributed by atoms with Crippen LogP contribution in [0.4, 0.5) is 5.69 Å². The van der Waals surface area contributed by atoms with Crippen LogP contribution in [0.5, 0.6) is 0 Å². The van der Waals surface area contributed by atoms with E-state index >= 15 is 0 Å². The topological polar surface area (TPSA) is 57.8 Å². The third kappa shape index (κ3) is 2.69. The van der Waals surface area contributed by atoms with Crippen LogP contribution in [0.2, 0.25) is 0 Å². The number of anilines is 1. The highest BCUT2D eigenvalue weighted by molar-refractivity contribution is 9.10. The van der Waals surface area contributed by atoms with Gasteiger partial charge in [-0.2, -0.15) is 5.10 Å². The van der Waals surface area contributed by atoms with E-state index in [2.05, 4.69) is 38.0 Å². The minimum absolute atomic E-state index is 0.233. The van der Waals surface area contributed by atoms with Gasteiger partial charge in [-0.1, -0.05) is 6.08 Å². The molecule has 0 spiro atoms. The molecule has 0 aliphatic heterocycles. The highest BCUT2D eigenvalue weighted by atomic mass is 79.9. The molecule has 0 atom stereocenters. The molecule has 1 aromatic heterocycles. The predicted molar refractivity (Wildman–Crippen MR) is 55.9 cm³/mol. The molecule has 0 radical (unpaired) electrons. The molecule has 0 saturated heterocycles. The molecular formula is C8H10BrN3O. The Kier molecular flexibility index (Phi) is 3.70. The lowest BCUT2D eigenvalue weighted by Crippen LogP contribution is -2.12. The van der Waals surface area contributed by atoms with E-state index in [4.69, 9.17) is 0 Å². The number of rotatable bonds is 4.